The first-order valence-electron chi connectivity index (χ1n) is 10.3. The summed E-state index contributed by atoms with van der Waals surface area (Å²) in [6, 6.07) is 14.3. The fraction of sp³-hybridized carbons (Fsp3) is 0.348. The molecule has 0 radical (unpaired) electrons. The molecule has 2 aromatic rings. The van der Waals surface area contributed by atoms with Crippen molar-refractivity contribution in [2.75, 3.05) is 27.4 Å². The molecule has 1 unspecified atom stereocenters. The highest BCUT2D eigenvalue weighted by Gasteiger charge is 2.47. The number of rotatable bonds is 7. The zero-order valence-electron chi connectivity index (χ0n) is 17.7. The predicted molar refractivity (Wildman–Crippen MR) is 111 cm³/mol. The second kappa shape index (κ2) is 8.77. The summed E-state index contributed by atoms with van der Waals surface area (Å²) in [4.78, 5) is 41.2. The van der Waals surface area contributed by atoms with Gasteiger partial charge < -0.3 is 14.4 Å². The molecule has 4 rings (SSSR count). The molecule has 162 valence electrons. The van der Waals surface area contributed by atoms with E-state index >= 15 is 0 Å². The van der Waals surface area contributed by atoms with Crippen molar-refractivity contribution in [3.05, 3.63) is 59.7 Å². The van der Waals surface area contributed by atoms with Crippen molar-refractivity contribution in [3.63, 3.8) is 0 Å². The number of urea groups is 1. The lowest BCUT2D eigenvalue weighted by atomic mass is 10.0. The number of amides is 4. The Morgan fingerprint density at radius 2 is 1.71 bits per heavy atom. The van der Waals surface area contributed by atoms with Gasteiger partial charge in [0.05, 0.1) is 32.9 Å². The van der Waals surface area contributed by atoms with Crippen LogP contribution in [0.25, 0.3) is 0 Å². The first-order chi connectivity index (χ1) is 15.0. The second-order valence-electron chi connectivity index (χ2n) is 7.76. The zero-order chi connectivity index (χ0) is 22.0. The van der Waals surface area contributed by atoms with E-state index in [-0.39, 0.29) is 19.3 Å². The third kappa shape index (κ3) is 3.98. The molecule has 2 saturated heterocycles. The van der Waals surface area contributed by atoms with Crippen LogP contribution in [0.2, 0.25) is 0 Å². The lowest BCUT2D eigenvalue weighted by Crippen LogP contribution is -3.12. The Morgan fingerprint density at radius 3 is 2.42 bits per heavy atom. The minimum atomic E-state index is -0.775. The average Bonchev–Trinajstić information content (AvgIpc) is 3.34. The van der Waals surface area contributed by atoms with Crippen molar-refractivity contribution >= 4 is 17.8 Å². The van der Waals surface area contributed by atoms with Crippen LogP contribution in [0.1, 0.15) is 30.0 Å². The van der Waals surface area contributed by atoms with Gasteiger partial charge in [0, 0.05) is 12.8 Å². The molecule has 2 fully saturated rings. The number of carbonyl (C=O) groups is 3. The molecule has 2 aromatic carbocycles. The van der Waals surface area contributed by atoms with Gasteiger partial charge in [-0.1, -0.05) is 30.3 Å². The largest absolute Gasteiger partial charge is 0.497 e. The van der Waals surface area contributed by atoms with Crippen LogP contribution < -0.4 is 14.4 Å². The number of methoxy groups -OCH3 is 2. The third-order valence-electron chi connectivity index (χ3n) is 5.98. The van der Waals surface area contributed by atoms with Crippen molar-refractivity contribution < 1.29 is 28.8 Å². The van der Waals surface area contributed by atoms with Crippen molar-refractivity contribution in [1.82, 2.24) is 9.80 Å². The maximum atomic E-state index is 12.9. The summed E-state index contributed by atoms with van der Waals surface area (Å²) in [6.07, 6.45) is 1.83. The second-order valence-corrected chi connectivity index (χ2v) is 7.76. The molecule has 2 aliphatic heterocycles. The molecule has 0 aromatic heterocycles. The Bertz CT molecular complexity index is 994. The van der Waals surface area contributed by atoms with Crippen molar-refractivity contribution in [2.45, 2.75) is 25.4 Å². The third-order valence-corrected chi connectivity index (χ3v) is 5.98. The molecule has 0 aliphatic carbocycles. The SMILES string of the molecule is COc1ccc(OC)c([C@@H]2CCC[NH+]2CN2C(=O)C(=O)N(Cc3ccccc3)C2=O)c1. The Balaban J connectivity index is 1.54. The lowest BCUT2D eigenvalue weighted by molar-refractivity contribution is -0.925. The summed E-state index contributed by atoms with van der Waals surface area (Å²) in [5, 5.41) is 0. The molecule has 4 amide bonds. The first kappa shape index (κ1) is 20.9. The van der Waals surface area contributed by atoms with Gasteiger partial charge in [-0.25, -0.2) is 9.69 Å². The van der Waals surface area contributed by atoms with Crippen LogP contribution in [0.15, 0.2) is 48.5 Å². The van der Waals surface area contributed by atoms with Crippen molar-refractivity contribution in [3.8, 4) is 11.5 Å². The van der Waals surface area contributed by atoms with Crippen molar-refractivity contribution in [2.24, 2.45) is 0 Å². The van der Waals surface area contributed by atoms with Gasteiger partial charge in [0.2, 0.25) is 0 Å². The number of hydrogen-bond donors (Lipinski definition) is 1. The van der Waals surface area contributed by atoms with Crippen LogP contribution in [0, 0.1) is 0 Å². The van der Waals surface area contributed by atoms with Gasteiger partial charge in [-0.3, -0.25) is 14.5 Å². The van der Waals surface area contributed by atoms with Crippen LogP contribution in [-0.2, 0) is 16.1 Å². The molecule has 2 heterocycles. The number of nitrogens with one attached hydrogen (secondary N) is 1. The fourth-order valence-corrected chi connectivity index (χ4v) is 4.39. The summed E-state index contributed by atoms with van der Waals surface area (Å²) in [6.45, 7) is 1.01. The summed E-state index contributed by atoms with van der Waals surface area (Å²) in [7, 11) is 3.23. The highest BCUT2D eigenvalue weighted by molar-refractivity contribution is 6.44. The highest BCUT2D eigenvalue weighted by atomic mass is 16.5. The van der Waals surface area contributed by atoms with E-state index in [2.05, 4.69) is 0 Å². The highest BCUT2D eigenvalue weighted by Crippen LogP contribution is 2.32. The molecular weight excluding hydrogens is 398 g/mol. The Morgan fingerprint density at radius 1 is 0.968 bits per heavy atom. The smallest absolute Gasteiger partial charge is 0.339 e. The van der Waals surface area contributed by atoms with E-state index < -0.39 is 17.8 Å². The molecule has 0 bridgehead atoms. The van der Waals surface area contributed by atoms with E-state index in [1.165, 1.54) is 0 Å². The number of carbonyl (C=O) groups excluding carboxylic acids is 3. The van der Waals surface area contributed by atoms with Gasteiger partial charge in [0.25, 0.3) is 0 Å². The average molecular weight is 424 g/mol. The molecule has 0 spiro atoms. The first-order valence-corrected chi connectivity index (χ1v) is 10.3. The molecule has 8 nitrogen and oxygen atoms in total. The van der Waals surface area contributed by atoms with E-state index in [9.17, 15) is 14.4 Å². The normalized spacial score (nSPS) is 21.2. The van der Waals surface area contributed by atoms with Crippen LogP contribution >= 0.6 is 0 Å². The summed E-state index contributed by atoms with van der Waals surface area (Å²) >= 11 is 0. The van der Waals surface area contributed by atoms with Gasteiger partial charge in [-0.15, -0.1) is 0 Å². The molecule has 2 atom stereocenters. The molecule has 8 heteroatoms. The minimum absolute atomic E-state index is 0.0314. The van der Waals surface area contributed by atoms with Gasteiger partial charge in [-0.05, 0) is 23.8 Å². The Kier molecular flexibility index (Phi) is 5.90. The van der Waals surface area contributed by atoms with Gasteiger partial charge in [0.1, 0.15) is 17.5 Å². The van der Waals surface area contributed by atoms with E-state index in [4.69, 9.17) is 9.47 Å². The van der Waals surface area contributed by atoms with Gasteiger partial charge in [-0.2, -0.15) is 0 Å². The molecular formula is C23H26N3O5+. The standard InChI is InChI=1S/C23H25N3O5/c1-30-17-10-11-20(31-2)18(13-17)19-9-6-12-24(19)15-26-22(28)21(27)25(23(26)29)14-16-7-4-3-5-8-16/h3-5,7-8,10-11,13,19H,6,9,12,14-15H2,1-2H3/p+1/t19-/m0/s1. The van der Waals surface area contributed by atoms with E-state index in [1.807, 2.05) is 48.5 Å². The summed E-state index contributed by atoms with van der Waals surface area (Å²) < 4.78 is 10.9. The van der Waals surface area contributed by atoms with Gasteiger partial charge >= 0.3 is 17.8 Å². The van der Waals surface area contributed by atoms with E-state index in [0.29, 0.717) is 0 Å². The quantitative estimate of drug-likeness (QED) is 0.537. The Hall–Kier alpha value is -3.39. The number of quaternary nitrogens is 1. The maximum Gasteiger partial charge on any atom is 0.339 e. The maximum absolute atomic E-state index is 12.9. The van der Waals surface area contributed by atoms with Crippen LogP contribution in [0.4, 0.5) is 4.79 Å². The van der Waals surface area contributed by atoms with Crippen LogP contribution in [0.3, 0.4) is 0 Å². The van der Waals surface area contributed by atoms with E-state index in [1.54, 1.807) is 14.2 Å². The minimum Gasteiger partial charge on any atom is -0.497 e. The molecule has 1 N–H and O–H groups in total. The molecule has 2 aliphatic rings. The van der Waals surface area contributed by atoms with Crippen molar-refractivity contribution in [1.29, 1.82) is 0 Å². The zero-order valence-corrected chi connectivity index (χ0v) is 17.7. The fourth-order valence-electron chi connectivity index (χ4n) is 4.39. The number of likely N-dealkylation sites (tertiary alicyclic amines) is 1. The topological polar surface area (TPSA) is 80.6 Å². The number of benzene rings is 2. The Labute approximate surface area is 180 Å². The summed E-state index contributed by atoms with van der Waals surface area (Å²) in [5.74, 6) is -0.0784. The number of nitrogens with zero attached hydrogens (tertiary/aromatic N) is 2. The van der Waals surface area contributed by atoms with Crippen LogP contribution in [0.5, 0.6) is 11.5 Å². The molecule has 31 heavy (non-hydrogen) atoms. The lowest BCUT2D eigenvalue weighted by Gasteiger charge is -2.26. The van der Waals surface area contributed by atoms with E-state index in [0.717, 1.165) is 56.7 Å². The predicted octanol–water partition coefficient (Wildman–Crippen LogP) is 1.37. The monoisotopic (exact) mass is 424 g/mol. The van der Waals surface area contributed by atoms with Gasteiger partial charge in [0.15, 0.2) is 6.67 Å². The number of imide groups is 2. The summed E-state index contributed by atoms with van der Waals surface area (Å²) in [5.41, 5.74) is 1.77. The number of ether oxygens (including phenoxy) is 2. The number of hydrogen-bond acceptors (Lipinski definition) is 5. The molecule has 0 saturated carbocycles. The van der Waals surface area contributed by atoms with Crippen LogP contribution in [-0.4, -0.2) is 55.1 Å².